The van der Waals surface area contributed by atoms with Gasteiger partial charge in [0.15, 0.2) is 0 Å². The molecule has 26 heavy (non-hydrogen) atoms. The molecule has 2 atom stereocenters. The molecule has 0 spiro atoms. The van der Waals surface area contributed by atoms with Gasteiger partial charge in [0.2, 0.25) is 11.8 Å². The summed E-state index contributed by atoms with van der Waals surface area (Å²) in [6.07, 6.45) is -1.22. The van der Waals surface area contributed by atoms with Crippen LogP contribution < -0.4 is 5.32 Å². The lowest BCUT2D eigenvalue weighted by Crippen LogP contribution is -2.51. The van der Waals surface area contributed by atoms with Gasteiger partial charge in [-0.25, -0.2) is 4.98 Å². The first kappa shape index (κ1) is 20.5. The highest BCUT2D eigenvalue weighted by molar-refractivity contribution is 5.89. The van der Waals surface area contributed by atoms with Crippen molar-refractivity contribution in [3.05, 3.63) is 18.2 Å². The highest BCUT2D eigenvalue weighted by atomic mass is 35.5. The molecule has 146 valence electrons. The van der Waals surface area contributed by atoms with E-state index in [1.165, 1.54) is 0 Å². The Labute approximate surface area is 154 Å². The average molecular weight is 396 g/mol. The van der Waals surface area contributed by atoms with Crippen LogP contribution in [0.4, 0.5) is 13.2 Å². The van der Waals surface area contributed by atoms with Gasteiger partial charge < -0.3 is 19.7 Å². The van der Waals surface area contributed by atoms with Gasteiger partial charge in [0.1, 0.15) is 18.4 Å². The summed E-state index contributed by atoms with van der Waals surface area (Å²) in [4.78, 5) is 31.4. The van der Waals surface area contributed by atoms with Crippen LogP contribution in [0.3, 0.4) is 0 Å². The summed E-state index contributed by atoms with van der Waals surface area (Å²) >= 11 is 0. The Hall–Kier alpha value is -1.81. The number of aryl methyl sites for hydroxylation is 1. The number of carbonyl (C=O) groups excluding carboxylic acids is 2. The van der Waals surface area contributed by atoms with Gasteiger partial charge >= 0.3 is 6.18 Å². The first-order valence-corrected chi connectivity index (χ1v) is 8.09. The molecule has 0 aliphatic carbocycles. The molecule has 2 fully saturated rings. The third-order valence-electron chi connectivity index (χ3n) is 4.62. The Morgan fingerprint density at radius 1 is 1.42 bits per heavy atom. The summed E-state index contributed by atoms with van der Waals surface area (Å²) in [6.45, 7) is 0.0534. The van der Waals surface area contributed by atoms with E-state index in [1.54, 1.807) is 17.3 Å². The fourth-order valence-corrected chi connectivity index (χ4v) is 3.44. The molecule has 2 amide bonds. The summed E-state index contributed by atoms with van der Waals surface area (Å²) in [5, 5.41) is 3.20. The van der Waals surface area contributed by atoms with Gasteiger partial charge in [0.05, 0.1) is 5.92 Å². The molecular weight excluding hydrogens is 375 g/mol. The van der Waals surface area contributed by atoms with Crippen molar-refractivity contribution in [2.45, 2.75) is 18.6 Å². The molecule has 1 aromatic heterocycles. The third kappa shape index (κ3) is 4.29. The molecule has 0 bridgehead atoms. The lowest BCUT2D eigenvalue weighted by molar-refractivity contribution is -0.157. The number of hydrogen-bond donors (Lipinski definition) is 1. The molecule has 3 rings (SSSR count). The second kappa shape index (κ2) is 7.83. The predicted octanol–water partition coefficient (Wildman–Crippen LogP) is 0.726. The van der Waals surface area contributed by atoms with E-state index < -0.39 is 24.5 Å². The summed E-state index contributed by atoms with van der Waals surface area (Å²) < 4.78 is 39.5. The number of imidazole rings is 1. The second-order valence-corrected chi connectivity index (χ2v) is 6.44. The summed E-state index contributed by atoms with van der Waals surface area (Å²) in [7, 11) is 1.82. The van der Waals surface area contributed by atoms with Crippen LogP contribution >= 0.6 is 12.4 Å². The molecule has 2 unspecified atom stereocenters. The Balaban J connectivity index is 0.00000243. The van der Waals surface area contributed by atoms with E-state index in [0.717, 1.165) is 4.90 Å². The molecular formula is C15H21ClF3N5O2. The van der Waals surface area contributed by atoms with Crippen molar-refractivity contribution >= 4 is 24.2 Å². The Kier molecular flexibility index (Phi) is 6.17. The van der Waals surface area contributed by atoms with Crippen LogP contribution in [0.5, 0.6) is 0 Å². The number of halogens is 4. The molecule has 0 radical (unpaired) electrons. The first-order valence-electron chi connectivity index (χ1n) is 8.09. The van der Waals surface area contributed by atoms with Crippen LogP contribution in [-0.2, 0) is 16.6 Å². The highest BCUT2D eigenvalue weighted by Gasteiger charge is 2.43. The van der Waals surface area contributed by atoms with E-state index in [2.05, 4.69) is 10.3 Å². The molecule has 2 saturated heterocycles. The zero-order valence-corrected chi connectivity index (χ0v) is 15.0. The van der Waals surface area contributed by atoms with Crippen molar-refractivity contribution in [1.82, 2.24) is 24.7 Å². The molecule has 2 aliphatic rings. The van der Waals surface area contributed by atoms with Gasteiger partial charge in [-0.1, -0.05) is 0 Å². The minimum atomic E-state index is -4.46. The van der Waals surface area contributed by atoms with Crippen molar-refractivity contribution in [3.63, 3.8) is 0 Å². The lowest BCUT2D eigenvalue weighted by atomic mass is 10.0. The van der Waals surface area contributed by atoms with E-state index in [-0.39, 0.29) is 37.3 Å². The highest BCUT2D eigenvalue weighted by Crippen LogP contribution is 2.28. The lowest BCUT2D eigenvalue weighted by Gasteiger charge is -2.37. The molecule has 0 saturated carbocycles. The number of nitrogens with zero attached hydrogens (tertiary/aromatic N) is 4. The van der Waals surface area contributed by atoms with Crippen LogP contribution in [0, 0.1) is 5.92 Å². The Bertz CT molecular complexity index is 666. The minimum Gasteiger partial charge on any atom is -0.336 e. The van der Waals surface area contributed by atoms with E-state index in [1.807, 2.05) is 11.6 Å². The standard InChI is InChI=1S/C15H20F3N5O2.ClH/c1-21-4-3-20-13(21)11-7-19-2-5-23(11)14(25)10-6-12(24)22(8-10)9-15(16,17)18;/h3-4,10-11,19H,2,5-9H2,1H3;1H. The summed E-state index contributed by atoms with van der Waals surface area (Å²) in [5.74, 6) is -0.945. The number of carbonyl (C=O) groups is 2. The van der Waals surface area contributed by atoms with E-state index in [9.17, 15) is 22.8 Å². The third-order valence-corrected chi connectivity index (χ3v) is 4.62. The van der Waals surface area contributed by atoms with E-state index in [0.29, 0.717) is 25.5 Å². The number of nitrogens with one attached hydrogen (secondary N) is 1. The van der Waals surface area contributed by atoms with Gasteiger partial charge in [0, 0.05) is 52.0 Å². The average Bonchev–Trinajstić information content (AvgIpc) is 3.11. The number of amides is 2. The molecule has 1 aromatic rings. The van der Waals surface area contributed by atoms with Crippen LogP contribution in [0.2, 0.25) is 0 Å². The monoisotopic (exact) mass is 395 g/mol. The molecule has 7 nitrogen and oxygen atoms in total. The Morgan fingerprint density at radius 3 is 2.77 bits per heavy atom. The molecule has 11 heteroatoms. The fourth-order valence-electron chi connectivity index (χ4n) is 3.44. The molecule has 1 N–H and O–H groups in total. The fraction of sp³-hybridized carbons (Fsp3) is 0.667. The number of piperazine rings is 1. The summed E-state index contributed by atoms with van der Waals surface area (Å²) in [5.41, 5.74) is 0. The molecule has 2 aliphatic heterocycles. The van der Waals surface area contributed by atoms with Crippen molar-refractivity contribution in [3.8, 4) is 0 Å². The van der Waals surface area contributed by atoms with Gasteiger partial charge in [-0.2, -0.15) is 13.2 Å². The Morgan fingerprint density at radius 2 is 2.15 bits per heavy atom. The SMILES string of the molecule is Cl.Cn1ccnc1C1CNCCN1C(=O)C1CC(=O)N(CC(F)(F)F)C1. The number of alkyl halides is 3. The van der Waals surface area contributed by atoms with Gasteiger partial charge in [0.25, 0.3) is 0 Å². The van der Waals surface area contributed by atoms with Crippen molar-refractivity contribution in [2.75, 3.05) is 32.7 Å². The molecule has 3 heterocycles. The molecule has 0 aromatic carbocycles. The predicted molar refractivity (Wildman–Crippen MR) is 88.5 cm³/mol. The zero-order chi connectivity index (χ0) is 18.2. The van der Waals surface area contributed by atoms with Crippen molar-refractivity contribution in [2.24, 2.45) is 13.0 Å². The van der Waals surface area contributed by atoms with Gasteiger partial charge in [-0.15, -0.1) is 12.4 Å². The number of rotatable bonds is 3. The van der Waals surface area contributed by atoms with Crippen LogP contribution in [0.25, 0.3) is 0 Å². The minimum absolute atomic E-state index is 0. The first-order chi connectivity index (χ1) is 11.8. The maximum absolute atomic E-state index is 12.9. The zero-order valence-electron chi connectivity index (χ0n) is 14.2. The topological polar surface area (TPSA) is 70.5 Å². The largest absolute Gasteiger partial charge is 0.406 e. The van der Waals surface area contributed by atoms with Crippen molar-refractivity contribution in [1.29, 1.82) is 0 Å². The van der Waals surface area contributed by atoms with Gasteiger partial charge in [-0.05, 0) is 0 Å². The smallest absolute Gasteiger partial charge is 0.336 e. The normalized spacial score (nSPS) is 23.9. The van der Waals surface area contributed by atoms with Crippen molar-refractivity contribution < 1.29 is 22.8 Å². The van der Waals surface area contributed by atoms with Crippen LogP contribution in [0.1, 0.15) is 18.3 Å². The quantitative estimate of drug-likeness (QED) is 0.819. The maximum Gasteiger partial charge on any atom is 0.406 e. The maximum atomic E-state index is 12.9. The van der Waals surface area contributed by atoms with Crippen LogP contribution in [0.15, 0.2) is 12.4 Å². The number of aromatic nitrogens is 2. The number of likely N-dealkylation sites (tertiary alicyclic amines) is 1. The summed E-state index contributed by atoms with van der Waals surface area (Å²) in [6, 6.07) is -0.298. The second-order valence-electron chi connectivity index (χ2n) is 6.44. The van der Waals surface area contributed by atoms with E-state index >= 15 is 0 Å². The van der Waals surface area contributed by atoms with Crippen LogP contribution in [-0.4, -0.2) is 70.1 Å². The van der Waals surface area contributed by atoms with E-state index in [4.69, 9.17) is 0 Å². The van der Waals surface area contributed by atoms with Gasteiger partial charge in [-0.3, -0.25) is 9.59 Å². The number of hydrogen-bond acceptors (Lipinski definition) is 4.